The maximum absolute atomic E-state index is 11.8. The van der Waals surface area contributed by atoms with Crippen LogP contribution in [0.25, 0.3) is 0 Å². The second-order valence-corrected chi connectivity index (χ2v) is 9.90. The second-order valence-electron chi connectivity index (χ2n) is 7.25. The van der Waals surface area contributed by atoms with Gasteiger partial charge >= 0.3 is 0 Å². The van der Waals surface area contributed by atoms with Crippen molar-refractivity contribution in [3.05, 3.63) is 0 Å². The average Bonchev–Trinajstić information content (AvgIpc) is 2.52. The van der Waals surface area contributed by atoms with Gasteiger partial charge in [-0.1, -0.05) is 13.3 Å². The van der Waals surface area contributed by atoms with Gasteiger partial charge in [0.25, 0.3) is 0 Å². The Labute approximate surface area is 171 Å². The summed E-state index contributed by atoms with van der Waals surface area (Å²) in [5.74, 6) is 0.694. The first-order chi connectivity index (χ1) is 11.2. The molecular formula is C17H37IN4O2S. The molecule has 0 aliphatic carbocycles. The molecule has 1 fully saturated rings. The smallest absolute Gasteiger partial charge is 0.191 e. The summed E-state index contributed by atoms with van der Waals surface area (Å²) in [7, 11) is -3.13. The van der Waals surface area contributed by atoms with Gasteiger partial charge in [-0.15, -0.1) is 24.0 Å². The molecule has 1 aliphatic rings. The Balaban J connectivity index is 0.00000576. The van der Waals surface area contributed by atoms with E-state index >= 15 is 0 Å². The largest absolute Gasteiger partial charge is 0.357 e. The molecule has 0 aromatic rings. The lowest BCUT2D eigenvalue weighted by Gasteiger charge is -2.35. The van der Waals surface area contributed by atoms with Crippen molar-refractivity contribution in [2.24, 2.45) is 4.99 Å². The molecule has 2 N–H and O–H groups in total. The zero-order chi connectivity index (χ0) is 18.2. The number of halogens is 1. The molecule has 1 saturated heterocycles. The standard InChI is InChI=1S/C17H36N4O2S.HI/c1-6-15-10-8-9-12-21(15)13-11-19-16(18-7-2)20-14-17(3,4)24(5,22)23;/h15H,6-14H2,1-5H3,(H2,18,19,20);1H. The number of aliphatic imine (C=N–C) groups is 1. The SMILES string of the molecule is CCNC(=NCC(C)(C)S(C)(=O)=O)NCCN1CCCCC1CC.I. The predicted molar refractivity (Wildman–Crippen MR) is 118 cm³/mol. The van der Waals surface area contributed by atoms with Crippen LogP contribution in [0.5, 0.6) is 0 Å². The molecule has 0 amide bonds. The molecule has 0 radical (unpaired) electrons. The van der Waals surface area contributed by atoms with Crippen LogP contribution >= 0.6 is 24.0 Å². The van der Waals surface area contributed by atoms with Crippen molar-refractivity contribution in [2.45, 2.75) is 64.2 Å². The summed E-state index contributed by atoms with van der Waals surface area (Å²) in [5, 5.41) is 6.53. The lowest BCUT2D eigenvalue weighted by atomic mass is 10.0. The van der Waals surface area contributed by atoms with E-state index in [1.165, 1.54) is 38.5 Å². The van der Waals surface area contributed by atoms with Gasteiger partial charge in [-0.2, -0.15) is 0 Å². The van der Waals surface area contributed by atoms with Crippen molar-refractivity contribution in [1.29, 1.82) is 0 Å². The molecule has 1 aliphatic heterocycles. The number of guanidine groups is 1. The van der Waals surface area contributed by atoms with Crippen molar-refractivity contribution in [2.75, 3.05) is 39.0 Å². The minimum absolute atomic E-state index is 0. The summed E-state index contributed by atoms with van der Waals surface area (Å²) in [6, 6.07) is 0.698. The summed E-state index contributed by atoms with van der Waals surface area (Å²) in [6.45, 7) is 11.7. The summed E-state index contributed by atoms with van der Waals surface area (Å²) >= 11 is 0. The molecule has 1 rings (SSSR count). The highest BCUT2D eigenvalue weighted by Crippen LogP contribution is 2.18. The van der Waals surface area contributed by atoms with Crippen LogP contribution in [-0.2, 0) is 9.84 Å². The third-order valence-corrected chi connectivity index (χ3v) is 7.01. The van der Waals surface area contributed by atoms with E-state index in [1.807, 2.05) is 6.92 Å². The lowest BCUT2D eigenvalue weighted by molar-refractivity contribution is 0.147. The number of nitrogens with one attached hydrogen (secondary N) is 2. The average molecular weight is 488 g/mol. The number of sulfone groups is 1. The van der Waals surface area contributed by atoms with Crippen LogP contribution in [0.4, 0.5) is 0 Å². The number of rotatable bonds is 8. The summed E-state index contributed by atoms with van der Waals surface area (Å²) in [4.78, 5) is 7.03. The van der Waals surface area contributed by atoms with E-state index in [0.717, 1.165) is 19.6 Å². The fourth-order valence-corrected chi connectivity index (χ4v) is 3.16. The van der Waals surface area contributed by atoms with Gasteiger partial charge in [-0.3, -0.25) is 9.89 Å². The topological polar surface area (TPSA) is 73.8 Å². The highest BCUT2D eigenvalue weighted by atomic mass is 127. The molecule has 0 spiro atoms. The van der Waals surface area contributed by atoms with Gasteiger partial charge in [0.05, 0.1) is 11.3 Å². The first-order valence-corrected chi connectivity index (χ1v) is 11.1. The monoisotopic (exact) mass is 488 g/mol. The van der Waals surface area contributed by atoms with Crippen molar-refractivity contribution in [1.82, 2.24) is 15.5 Å². The maximum atomic E-state index is 11.8. The van der Waals surface area contributed by atoms with Crippen molar-refractivity contribution >= 4 is 39.8 Å². The fourth-order valence-electron chi connectivity index (χ4n) is 2.86. The zero-order valence-electron chi connectivity index (χ0n) is 16.5. The summed E-state index contributed by atoms with van der Waals surface area (Å²) < 4.78 is 22.7. The highest BCUT2D eigenvalue weighted by Gasteiger charge is 2.30. The van der Waals surface area contributed by atoms with Gasteiger partial charge in [0, 0.05) is 31.9 Å². The summed E-state index contributed by atoms with van der Waals surface area (Å²) in [5.41, 5.74) is 0. The Morgan fingerprint density at radius 2 is 1.92 bits per heavy atom. The van der Waals surface area contributed by atoms with Crippen LogP contribution in [0, 0.1) is 0 Å². The first-order valence-electron chi connectivity index (χ1n) is 9.17. The molecule has 1 unspecified atom stereocenters. The predicted octanol–water partition coefficient (Wildman–Crippen LogP) is 2.25. The molecule has 25 heavy (non-hydrogen) atoms. The second kappa shape index (κ2) is 11.6. The molecular weight excluding hydrogens is 451 g/mol. The molecule has 1 heterocycles. The molecule has 150 valence electrons. The van der Waals surface area contributed by atoms with Gasteiger partial charge in [-0.05, 0) is 46.6 Å². The number of piperidine rings is 1. The third kappa shape index (κ3) is 8.43. The Hall–Kier alpha value is -0.0900. The van der Waals surface area contributed by atoms with Crippen LogP contribution in [0.3, 0.4) is 0 Å². The Morgan fingerprint density at radius 3 is 2.48 bits per heavy atom. The fraction of sp³-hybridized carbons (Fsp3) is 0.941. The molecule has 0 aromatic carbocycles. The summed E-state index contributed by atoms with van der Waals surface area (Å²) in [6.07, 6.45) is 6.40. The minimum Gasteiger partial charge on any atom is -0.357 e. The van der Waals surface area contributed by atoms with Gasteiger partial charge < -0.3 is 10.6 Å². The van der Waals surface area contributed by atoms with Crippen molar-refractivity contribution < 1.29 is 8.42 Å². The van der Waals surface area contributed by atoms with Crippen LogP contribution in [0.2, 0.25) is 0 Å². The maximum Gasteiger partial charge on any atom is 0.191 e. The van der Waals surface area contributed by atoms with Crippen LogP contribution < -0.4 is 10.6 Å². The molecule has 0 saturated carbocycles. The molecule has 0 aromatic heterocycles. The van der Waals surface area contributed by atoms with Gasteiger partial charge in [0.2, 0.25) is 0 Å². The van der Waals surface area contributed by atoms with E-state index in [2.05, 4.69) is 27.4 Å². The number of likely N-dealkylation sites (tertiary alicyclic amines) is 1. The number of hydrogen-bond acceptors (Lipinski definition) is 4. The van der Waals surface area contributed by atoms with E-state index in [4.69, 9.17) is 0 Å². The Morgan fingerprint density at radius 1 is 1.24 bits per heavy atom. The van der Waals surface area contributed by atoms with Crippen LogP contribution in [0.1, 0.15) is 53.4 Å². The van der Waals surface area contributed by atoms with E-state index < -0.39 is 14.6 Å². The van der Waals surface area contributed by atoms with Crippen LogP contribution in [0.15, 0.2) is 4.99 Å². The quantitative estimate of drug-likeness (QED) is 0.312. The Kier molecular flexibility index (Phi) is 11.5. The van der Waals surface area contributed by atoms with E-state index in [9.17, 15) is 8.42 Å². The highest BCUT2D eigenvalue weighted by molar-refractivity contribution is 14.0. The molecule has 6 nitrogen and oxygen atoms in total. The minimum atomic E-state index is -3.13. The lowest BCUT2D eigenvalue weighted by Crippen LogP contribution is -2.46. The first kappa shape index (κ1) is 24.9. The van der Waals surface area contributed by atoms with E-state index in [0.29, 0.717) is 12.0 Å². The molecule has 0 bridgehead atoms. The van der Waals surface area contributed by atoms with Crippen LogP contribution in [-0.4, -0.2) is 69.0 Å². The number of nitrogens with zero attached hydrogens (tertiary/aromatic N) is 2. The van der Waals surface area contributed by atoms with E-state index in [-0.39, 0.29) is 30.5 Å². The number of hydrogen-bond donors (Lipinski definition) is 2. The van der Waals surface area contributed by atoms with Gasteiger partial charge in [0.15, 0.2) is 15.8 Å². The normalized spacial score (nSPS) is 20.0. The van der Waals surface area contributed by atoms with Gasteiger partial charge in [0.1, 0.15) is 0 Å². The Bertz CT molecular complexity index is 509. The molecule has 8 heteroatoms. The third-order valence-electron chi connectivity index (χ3n) is 4.88. The van der Waals surface area contributed by atoms with Crippen molar-refractivity contribution in [3.8, 4) is 0 Å². The van der Waals surface area contributed by atoms with E-state index in [1.54, 1.807) is 13.8 Å². The van der Waals surface area contributed by atoms with Crippen molar-refractivity contribution in [3.63, 3.8) is 0 Å². The zero-order valence-corrected chi connectivity index (χ0v) is 19.6. The van der Waals surface area contributed by atoms with Gasteiger partial charge in [-0.25, -0.2) is 8.42 Å². The molecule has 1 atom stereocenters.